The molecule has 1 aromatic rings. The molecule has 4 heteroatoms. The lowest BCUT2D eigenvalue weighted by atomic mass is 10.2. The molecule has 0 spiro atoms. The van der Waals surface area contributed by atoms with E-state index >= 15 is 0 Å². The van der Waals surface area contributed by atoms with Gasteiger partial charge in [0, 0.05) is 18.5 Å². The van der Waals surface area contributed by atoms with Crippen LogP contribution in [0.15, 0.2) is 24.5 Å². The van der Waals surface area contributed by atoms with Crippen molar-refractivity contribution in [3.8, 4) is 0 Å². The summed E-state index contributed by atoms with van der Waals surface area (Å²) in [5.41, 5.74) is 3.35. The standard InChI is InChI=1S/C9H10N2O2/c1-7-4-8(6-10-5-7)2-3-9(12)11-13/h2-6,13H,1H3,(H,11,12)/b3-2+. The van der Waals surface area contributed by atoms with E-state index in [-0.39, 0.29) is 0 Å². The Hall–Kier alpha value is -1.68. The van der Waals surface area contributed by atoms with Crippen LogP contribution in [0, 0.1) is 6.92 Å². The van der Waals surface area contributed by atoms with Crippen molar-refractivity contribution in [3.05, 3.63) is 35.7 Å². The minimum absolute atomic E-state index is 0.554. The molecule has 0 aliphatic carbocycles. The molecule has 0 bridgehead atoms. The molecule has 4 nitrogen and oxygen atoms in total. The molecule has 1 aromatic heterocycles. The van der Waals surface area contributed by atoms with Gasteiger partial charge in [-0.25, -0.2) is 5.48 Å². The van der Waals surface area contributed by atoms with Gasteiger partial charge in [-0.3, -0.25) is 15.0 Å². The topological polar surface area (TPSA) is 62.2 Å². The molecule has 2 N–H and O–H groups in total. The van der Waals surface area contributed by atoms with Crippen molar-refractivity contribution in [2.24, 2.45) is 0 Å². The molecule has 0 fully saturated rings. The smallest absolute Gasteiger partial charge is 0.267 e. The van der Waals surface area contributed by atoms with Gasteiger partial charge >= 0.3 is 0 Å². The average Bonchev–Trinajstić information content (AvgIpc) is 2.14. The highest BCUT2D eigenvalue weighted by Gasteiger charge is 1.91. The number of nitrogens with zero attached hydrogens (tertiary/aromatic N) is 1. The number of hydrogen-bond acceptors (Lipinski definition) is 3. The maximum atomic E-state index is 10.6. The van der Waals surface area contributed by atoms with Crippen molar-refractivity contribution in [2.75, 3.05) is 0 Å². The molecule has 0 saturated carbocycles. The van der Waals surface area contributed by atoms with Crippen molar-refractivity contribution < 1.29 is 10.0 Å². The number of pyridine rings is 1. The molecular formula is C9H10N2O2. The third-order valence-corrected chi connectivity index (χ3v) is 1.43. The lowest BCUT2D eigenvalue weighted by Gasteiger charge is -1.94. The van der Waals surface area contributed by atoms with Gasteiger partial charge in [-0.05, 0) is 30.2 Å². The third kappa shape index (κ3) is 3.04. The van der Waals surface area contributed by atoms with E-state index in [1.54, 1.807) is 18.5 Å². The van der Waals surface area contributed by atoms with Gasteiger partial charge in [-0.1, -0.05) is 0 Å². The fourth-order valence-electron chi connectivity index (χ4n) is 0.879. The predicted octanol–water partition coefficient (Wildman–Crippen LogP) is 0.909. The van der Waals surface area contributed by atoms with Crippen molar-refractivity contribution in [1.29, 1.82) is 0 Å². The predicted molar refractivity (Wildman–Crippen MR) is 47.9 cm³/mol. The minimum Gasteiger partial charge on any atom is -0.288 e. The number of aromatic nitrogens is 1. The number of hydrogen-bond donors (Lipinski definition) is 2. The number of rotatable bonds is 2. The van der Waals surface area contributed by atoms with E-state index in [4.69, 9.17) is 5.21 Å². The number of carbonyl (C=O) groups excluding carboxylic acids is 1. The van der Waals surface area contributed by atoms with Crippen LogP contribution in [0.2, 0.25) is 0 Å². The van der Waals surface area contributed by atoms with Gasteiger partial charge in [-0.2, -0.15) is 0 Å². The highest BCUT2D eigenvalue weighted by Crippen LogP contribution is 2.02. The molecule has 0 aliphatic rings. The van der Waals surface area contributed by atoms with Gasteiger partial charge in [0.2, 0.25) is 0 Å². The second-order valence-corrected chi connectivity index (χ2v) is 2.61. The quantitative estimate of drug-likeness (QED) is 0.402. The molecule has 1 rings (SSSR count). The van der Waals surface area contributed by atoms with Gasteiger partial charge in [0.05, 0.1) is 0 Å². The Morgan fingerprint density at radius 3 is 3.00 bits per heavy atom. The van der Waals surface area contributed by atoms with E-state index in [1.165, 1.54) is 11.6 Å². The Bertz CT molecular complexity index is 334. The van der Waals surface area contributed by atoms with Gasteiger partial charge in [-0.15, -0.1) is 0 Å². The summed E-state index contributed by atoms with van der Waals surface area (Å²) in [6.07, 6.45) is 6.17. The summed E-state index contributed by atoms with van der Waals surface area (Å²) < 4.78 is 0. The van der Waals surface area contributed by atoms with Crippen LogP contribution in [0.4, 0.5) is 0 Å². The first-order valence-electron chi connectivity index (χ1n) is 3.76. The maximum Gasteiger partial charge on any atom is 0.267 e. The van der Waals surface area contributed by atoms with Gasteiger partial charge in [0.15, 0.2) is 0 Å². The Morgan fingerprint density at radius 1 is 1.62 bits per heavy atom. The molecule has 0 saturated heterocycles. The molecular weight excluding hydrogens is 168 g/mol. The fourth-order valence-corrected chi connectivity index (χ4v) is 0.879. The minimum atomic E-state index is -0.554. The first-order valence-corrected chi connectivity index (χ1v) is 3.76. The molecule has 0 unspecified atom stereocenters. The zero-order valence-corrected chi connectivity index (χ0v) is 7.19. The SMILES string of the molecule is Cc1cncc(/C=C/C(=O)NO)c1. The third-order valence-electron chi connectivity index (χ3n) is 1.43. The second kappa shape index (κ2) is 4.37. The summed E-state index contributed by atoms with van der Waals surface area (Å²) in [7, 11) is 0. The summed E-state index contributed by atoms with van der Waals surface area (Å²) in [6.45, 7) is 1.91. The average molecular weight is 178 g/mol. The molecule has 0 radical (unpaired) electrons. The molecule has 0 atom stereocenters. The Balaban J connectivity index is 2.74. The van der Waals surface area contributed by atoms with Crippen LogP contribution in [0.1, 0.15) is 11.1 Å². The lowest BCUT2D eigenvalue weighted by molar-refractivity contribution is -0.124. The van der Waals surface area contributed by atoms with Crippen LogP contribution >= 0.6 is 0 Å². The highest BCUT2D eigenvalue weighted by atomic mass is 16.5. The van der Waals surface area contributed by atoms with Crippen LogP contribution in [0.5, 0.6) is 0 Å². The summed E-state index contributed by atoms with van der Waals surface area (Å²) in [5, 5.41) is 8.20. The number of hydroxylamine groups is 1. The van der Waals surface area contributed by atoms with Crippen molar-refractivity contribution >= 4 is 12.0 Å². The second-order valence-electron chi connectivity index (χ2n) is 2.61. The molecule has 68 valence electrons. The molecule has 13 heavy (non-hydrogen) atoms. The summed E-state index contributed by atoms with van der Waals surface area (Å²) >= 11 is 0. The van der Waals surface area contributed by atoms with Gasteiger partial charge < -0.3 is 0 Å². The van der Waals surface area contributed by atoms with Gasteiger partial charge in [0.1, 0.15) is 0 Å². The van der Waals surface area contributed by atoms with Crippen LogP contribution in [-0.2, 0) is 4.79 Å². The Labute approximate surface area is 75.9 Å². The normalized spacial score (nSPS) is 10.3. The van der Waals surface area contributed by atoms with E-state index in [0.29, 0.717) is 0 Å². The largest absolute Gasteiger partial charge is 0.288 e. The Kier molecular flexibility index (Phi) is 3.16. The van der Waals surface area contributed by atoms with Crippen LogP contribution in [0.25, 0.3) is 6.08 Å². The van der Waals surface area contributed by atoms with E-state index < -0.39 is 5.91 Å². The Morgan fingerprint density at radius 2 is 2.38 bits per heavy atom. The number of carbonyl (C=O) groups is 1. The van der Waals surface area contributed by atoms with E-state index in [0.717, 1.165) is 11.1 Å². The van der Waals surface area contributed by atoms with Crippen LogP contribution in [-0.4, -0.2) is 16.1 Å². The molecule has 0 aliphatic heterocycles. The summed E-state index contributed by atoms with van der Waals surface area (Å²) in [4.78, 5) is 14.5. The molecule has 1 amide bonds. The first-order chi connectivity index (χ1) is 6.22. The number of aryl methyl sites for hydroxylation is 1. The number of amides is 1. The van der Waals surface area contributed by atoms with E-state index in [2.05, 4.69) is 4.98 Å². The van der Waals surface area contributed by atoms with Crippen molar-refractivity contribution in [2.45, 2.75) is 6.92 Å². The number of nitrogens with one attached hydrogen (secondary N) is 1. The molecule has 1 heterocycles. The van der Waals surface area contributed by atoms with Crippen LogP contribution in [0.3, 0.4) is 0 Å². The van der Waals surface area contributed by atoms with Crippen molar-refractivity contribution in [3.63, 3.8) is 0 Å². The maximum absolute atomic E-state index is 10.6. The lowest BCUT2D eigenvalue weighted by Crippen LogP contribution is -2.14. The monoisotopic (exact) mass is 178 g/mol. The first kappa shape index (κ1) is 9.41. The highest BCUT2D eigenvalue weighted by molar-refractivity contribution is 5.90. The van der Waals surface area contributed by atoms with E-state index in [1.807, 2.05) is 13.0 Å². The zero-order valence-electron chi connectivity index (χ0n) is 7.19. The van der Waals surface area contributed by atoms with Crippen LogP contribution < -0.4 is 5.48 Å². The van der Waals surface area contributed by atoms with Gasteiger partial charge in [0.25, 0.3) is 5.91 Å². The molecule has 0 aromatic carbocycles. The fraction of sp³-hybridized carbons (Fsp3) is 0.111. The van der Waals surface area contributed by atoms with Crippen molar-refractivity contribution in [1.82, 2.24) is 10.5 Å². The van der Waals surface area contributed by atoms with E-state index in [9.17, 15) is 4.79 Å². The summed E-state index contributed by atoms with van der Waals surface area (Å²) in [5.74, 6) is -0.554. The zero-order chi connectivity index (χ0) is 9.68. The summed E-state index contributed by atoms with van der Waals surface area (Å²) in [6, 6.07) is 1.88.